The lowest BCUT2D eigenvalue weighted by molar-refractivity contribution is 0.309. The van der Waals surface area contributed by atoms with Crippen molar-refractivity contribution in [2.75, 3.05) is 18.1 Å². The van der Waals surface area contributed by atoms with Crippen LogP contribution in [0.2, 0.25) is 0 Å². The second kappa shape index (κ2) is 9.05. The molecule has 0 unspecified atom stereocenters. The van der Waals surface area contributed by atoms with Crippen LogP contribution in [0.4, 0.5) is 0 Å². The Morgan fingerprint density at radius 2 is 1.97 bits per heavy atom. The van der Waals surface area contributed by atoms with Gasteiger partial charge >= 0.3 is 0 Å². The highest BCUT2D eigenvalue weighted by Gasteiger charge is 2.25. The number of aromatic amines is 1. The van der Waals surface area contributed by atoms with Crippen molar-refractivity contribution >= 4 is 17.4 Å². The minimum atomic E-state index is 0.431. The maximum absolute atomic E-state index is 5.84. The van der Waals surface area contributed by atoms with E-state index in [-0.39, 0.29) is 0 Å². The molecule has 0 radical (unpaired) electrons. The average Bonchev–Trinajstić information content (AvgIpc) is 3.49. The van der Waals surface area contributed by atoms with Crippen molar-refractivity contribution in [3.05, 3.63) is 42.4 Å². The SMILES string of the molecule is CCCCOc1ccc(-c2cnc3c(-c4nn[nH]n4)cnn3c2C2CCSCC2)cc1. The zero-order valence-corrected chi connectivity index (χ0v) is 18.3. The number of rotatable bonds is 7. The highest BCUT2D eigenvalue weighted by atomic mass is 32.2. The molecule has 5 rings (SSSR count). The maximum Gasteiger partial charge on any atom is 0.210 e. The van der Waals surface area contributed by atoms with Crippen LogP contribution >= 0.6 is 11.8 Å². The summed E-state index contributed by atoms with van der Waals surface area (Å²) in [5, 5.41) is 19.1. The van der Waals surface area contributed by atoms with Gasteiger partial charge in [-0.1, -0.05) is 25.5 Å². The quantitative estimate of drug-likeness (QED) is 0.431. The molecule has 3 aromatic heterocycles. The fourth-order valence-corrected chi connectivity index (χ4v) is 5.14. The first-order valence-electron chi connectivity index (χ1n) is 10.8. The van der Waals surface area contributed by atoms with Crippen molar-refractivity contribution in [2.45, 2.75) is 38.5 Å². The number of H-pyrrole nitrogens is 1. The number of benzene rings is 1. The molecule has 1 saturated heterocycles. The number of thioether (sulfide) groups is 1. The first kappa shape index (κ1) is 20.0. The summed E-state index contributed by atoms with van der Waals surface area (Å²) in [6.45, 7) is 2.92. The molecule has 4 aromatic rings. The van der Waals surface area contributed by atoms with E-state index < -0.39 is 0 Å². The van der Waals surface area contributed by atoms with Gasteiger partial charge in [-0.3, -0.25) is 0 Å². The Morgan fingerprint density at radius 1 is 1.13 bits per heavy atom. The van der Waals surface area contributed by atoms with E-state index in [1.807, 2.05) is 34.6 Å². The van der Waals surface area contributed by atoms with E-state index in [1.165, 1.54) is 5.69 Å². The summed E-state index contributed by atoms with van der Waals surface area (Å²) < 4.78 is 7.82. The molecule has 31 heavy (non-hydrogen) atoms. The van der Waals surface area contributed by atoms with Gasteiger partial charge in [-0.25, -0.2) is 9.50 Å². The standard InChI is InChI=1S/C22H25N7OS/c1-2-3-10-30-17-6-4-15(5-7-17)18-13-23-22-19(21-25-27-28-26-21)14-24-29(22)20(18)16-8-11-31-12-9-16/h4-7,13-14,16H,2-3,8-12H2,1H3,(H,25,26,27,28). The van der Waals surface area contributed by atoms with Gasteiger partial charge in [-0.15, -0.1) is 10.2 Å². The number of tetrazole rings is 1. The van der Waals surface area contributed by atoms with Gasteiger partial charge in [-0.2, -0.15) is 22.1 Å². The molecule has 1 aliphatic rings. The minimum Gasteiger partial charge on any atom is -0.494 e. The normalized spacial score (nSPS) is 14.9. The van der Waals surface area contributed by atoms with Gasteiger partial charge < -0.3 is 4.74 Å². The molecule has 0 atom stereocenters. The number of hydrogen-bond donors (Lipinski definition) is 1. The molecule has 0 bridgehead atoms. The van der Waals surface area contributed by atoms with E-state index in [2.05, 4.69) is 39.7 Å². The summed E-state index contributed by atoms with van der Waals surface area (Å²) in [6.07, 6.45) is 8.20. The third-order valence-electron chi connectivity index (χ3n) is 5.69. The van der Waals surface area contributed by atoms with Crippen LogP contribution in [0, 0.1) is 0 Å². The topological polar surface area (TPSA) is 93.9 Å². The smallest absolute Gasteiger partial charge is 0.210 e. The van der Waals surface area contributed by atoms with Gasteiger partial charge in [0.05, 0.1) is 24.1 Å². The average molecular weight is 436 g/mol. The van der Waals surface area contributed by atoms with E-state index in [9.17, 15) is 0 Å². The van der Waals surface area contributed by atoms with Crippen LogP contribution in [-0.2, 0) is 0 Å². The lowest BCUT2D eigenvalue weighted by atomic mass is 9.92. The summed E-state index contributed by atoms with van der Waals surface area (Å²) in [6, 6.07) is 8.33. The van der Waals surface area contributed by atoms with Crippen molar-refractivity contribution in [3.63, 3.8) is 0 Å². The summed E-state index contributed by atoms with van der Waals surface area (Å²) in [5.74, 6) is 4.17. The maximum atomic E-state index is 5.84. The van der Waals surface area contributed by atoms with Crippen LogP contribution in [0.25, 0.3) is 28.2 Å². The number of aromatic nitrogens is 7. The molecule has 160 valence electrons. The zero-order chi connectivity index (χ0) is 21.0. The second-order valence-electron chi connectivity index (χ2n) is 7.70. The second-order valence-corrected chi connectivity index (χ2v) is 8.92. The molecular formula is C22H25N7OS. The number of hydrogen-bond acceptors (Lipinski definition) is 7. The molecule has 8 nitrogen and oxygen atoms in total. The molecule has 1 aliphatic heterocycles. The van der Waals surface area contributed by atoms with Gasteiger partial charge in [0.25, 0.3) is 0 Å². The largest absolute Gasteiger partial charge is 0.494 e. The summed E-state index contributed by atoms with van der Waals surface area (Å²) in [7, 11) is 0. The third-order valence-corrected chi connectivity index (χ3v) is 6.74. The fraction of sp³-hybridized carbons (Fsp3) is 0.409. The van der Waals surface area contributed by atoms with Crippen molar-refractivity contribution in [2.24, 2.45) is 0 Å². The fourth-order valence-electron chi connectivity index (χ4n) is 4.03. The van der Waals surface area contributed by atoms with Crippen LogP contribution in [-0.4, -0.2) is 53.3 Å². The Balaban J connectivity index is 1.57. The number of nitrogens with zero attached hydrogens (tertiary/aromatic N) is 6. The Morgan fingerprint density at radius 3 is 2.71 bits per heavy atom. The predicted octanol–water partition coefficient (Wildman–Crippen LogP) is 4.37. The summed E-state index contributed by atoms with van der Waals surface area (Å²) in [5.41, 5.74) is 5.00. The van der Waals surface area contributed by atoms with Gasteiger partial charge in [-0.05, 0) is 53.7 Å². The molecule has 1 fully saturated rings. The summed E-state index contributed by atoms with van der Waals surface area (Å²) >= 11 is 2.02. The van der Waals surface area contributed by atoms with Gasteiger partial charge in [0, 0.05) is 17.7 Å². The monoisotopic (exact) mass is 435 g/mol. The molecule has 9 heteroatoms. The van der Waals surface area contributed by atoms with Crippen molar-refractivity contribution < 1.29 is 4.74 Å². The van der Waals surface area contributed by atoms with Crippen LogP contribution in [0.5, 0.6) is 5.75 Å². The van der Waals surface area contributed by atoms with Crippen molar-refractivity contribution in [1.82, 2.24) is 35.2 Å². The number of nitrogens with one attached hydrogen (secondary N) is 1. The third kappa shape index (κ3) is 4.01. The lowest BCUT2D eigenvalue weighted by Gasteiger charge is -2.24. The van der Waals surface area contributed by atoms with Crippen LogP contribution in [0.15, 0.2) is 36.7 Å². The highest BCUT2D eigenvalue weighted by Crippen LogP contribution is 2.38. The number of unbranched alkanes of at least 4 members (excludes halogenated alkanes) is 1. The zero-order valence-electron chi connectivity index (χ0n) is 17.5. The van der Waals surface area contributed by atoms with Crippen LogP contribution in [0.3, 0.4) is 0 Å². The van der Waals surface area contributed by atoms with Crippen molar-refractivity contribution in [3.8, 4) is 28.3 Å². The molecule has 0 spiro atoms. The first-order chi connectivity index (χ1) is 15.3. The predicted molar refractivity (Wildman–Crippen MR) is 121 cm³/mol. The van der Waals surface area contributed by atoms with Crippen molar-refractivity contribution in [1.29, 1.82) is 0 Å². The Hall–Kier alpha value is -2.94. The van der Waals surface area contributed by atoms with E-state index >= 15 is 0 Å². The molecule has 0 amide bonds. The van der Waals surface area contributed by atoms with Gasteiger partial charge in [0.15, 0.2) is 5.65 Å². The lowest BCUT2D eigenvalue weighted by Crippen LogP contribution is -2.14. The molecule has 0 saturated carbocycles. The van der Waals surface area contributed by atoms with Gasteiger partial charge in [0.2, 0.25) is 5.82 Å². The molecule has 0 aliphatic carbocycles. The van der Waals surface area contributed by atoms with Crippen LogP contribution < -0.4 is 4.74 Å². The van der Waals surface area contributed by atoms with E-state index in [4.69, 9.17) is 14.8 Å². The molecule has 4 heterocycles. The molecule has 1 aromatic carbocycles. The number of ether oxygens (including phenoxy) is 1. The molecule has 1 N–H and O–H groups in total. The Bertz CT molecular complexity index is 1130. The minimum absolute atomic E-state index is 0.431. The van der Waals surface area contributed by atoms with E-state index in [0.29, 0.717) is 11.7 Å². The molecular weight excluding hydrogens is 410 g/mol. The van der Waals surface area contributed by atoms with Gasteiger partial charge in [0.1, 0.15) is 5.75 Å². The number of fused-ring (bicyclic) bond motifs is 1. The Kier molecular flexibility index (Phi) is 5.84. The highest BCUT2D eigenvalue weighted by molar-refractivity contribution is 7.99. The first-order valence-corrected chi connectivity index (χ1v) is 11.9. The Labute approximate surface area is 184 Å². The van der Waals surface area contributed by atoms with Crippen LogP contribution in [0.1, 0.15) is 44.2 Å². The van der Waals surface area contributed by atoms with E-state index in [0.717, 1.165) is 71.9 Å². The summed E-state index contributed by atoms with van der Waals surface area (Å²) in [4.78, 5) is 4.75. The van der Waals surface area contributed by atoms with E-state index in [1.54, 1.807) is 6.20 Å².